The molecule has 0 aliphatic heterocycles. The van der Waals surface area contributed by atoms with Crippen molar-refractivity contribution in [3.05, 3.63) is 42.4 Å². The van der Waals surface area contributed by atoms with Crippen LogP contribution in [-0.2, 0) is 10.2 Å². The van der Waals surface area contributed by atoms with Gasteiger partial charge in [-0.2, -0.15) is 10.1 Å². The topological polar surface area (TPSA) is 127 Å². The molecule has 0 unspecified atom stereocenters. The van der Waals surface area contributed by atoms with Crippen LogP contribution >= 0.6 is 11.3 Å². The molecule has 4 heterocycles. The van der Waals surface area contributed by atoms with Crippen LogP contribution in [0.4, 0.5) is 16.8 Å². The Labute approximate surface area is 206 Å². The predicted octanol–water partition coefficient (Wildman–Crippen LogP) is 4.77. The summed E-state index contributed by atoms with van der Waals surface area (Å²) < 4.78 is 8.81. The van der Waals surface area contributed by atoms with Crippen LogP contribution in [0.3, 0.4) is 0 Å². The zero-order valence-corrected chi connectivity index (χ0v) is 20.8. The zero-order valence-electron chi connectivity index (χ0n) is 19.9. The summed E-state index contributed by atoms with van der Waals surface area (Å²) >= 11 is 1.46. The Hall–Kier alpha value is -3.57. The van der Waals surface area contributed by atoms with E-state index in [0.29, 0.717) is 33.9 Å². The summed E-state index contributed by atoms with van der Waals surface area (Å²) in [7, 11) is 0. The highest BCUT2D eigenvalue weighted by molar-refractivity contribution is 7.22. The van der Waals surface area contributed by atoms with Crippen LogP contribution in [0.15, 0.2) is 36.7 Å². The normalized spacial score (nSPS) is 17.7. The number of hydrogen-bond donors (Lipinski definition) is 3. The average molecular weight is 494 g/mol. The van der Waals surface area contributed by atoms with Crippen molar-refractivity contribution in [3.8, 4) is 11.5 Å². The number of rotatable bonds is 6. The first-order valence-corrected chi connectivity index (χ1v) is 12.2. The number of aliphatic hydroxyl groups excluding tert-OH is 1. The first-order valence-electron chi connectivity index (χ1n) is 11.4. The molecule has 1 saturated carbocycles. The summed E-state index contributed by atoms with van der Waals surface area (Å²) in [6.45, 7) is 7.90. The lowest BCUT2D eigenvalue weighted by atomic mass is 9.87. The van der Waals surface area contributed by atoms with Crippen LogP contribution in [0.1, 0.15) is 52.3 Å². The van der Waals surface area contributed by atoms with E-state index in [4.69, 9.17) is 9.84 Å². The van der Waals surface area contributed by atoms with E-state index < -0.39 is 0 Å². The summed E-state index contributed by atoms with van der Waals surface area (Å²) in [6.07, 6.45) is 4.38. The van der Waals surface area contributed by atoms with Crippen molar-refractivity contribution in [2.45, 2.75) is 58.1 Å². The molecule has 4 aromatic rings. The lowest BCUT2D eigenvalue weighted by molar-refractivity contribution is -0.114. The third-order valence-electron chi connectivity index (χ3n) is 5.67. The summed E-state index contributed by atoms with van der Waals surface area (Å²) in [5.41, 5.74) is 1.64. The third-order valence-corrected chi connectivity index (χ3v) is 6.57. The quantitative estimate of drug-likeness (QED) is 0.350. The van der Waals surface area contributed by atoms with E-state index >= 15 is 0 Å². The number of thiazole rings is 1. The minimum atomic E-state index is -0.246. The highest BCUT2D eigenvalue weighted by Crippen LogP contribution is 2.38. The van der Waals surface area contributed by atoms with E-state index in [2.05, 4.69) is 52.4 Å². The van der Waals surface area contributed by atoms with Gasteiger partial charge in [0.1, 0.15) is 17.3 Å². The lowest BCUT2D eigenvalue weighted by Gasteiger charge is -2.34. The Balaban J connectivity index is 1.35. The molecule has 35 heavy (non-hydrogen) atoms. The molecule has 5 rings (SSSR count). The first kappa shape index (κ1) is 23.2. The number of aromatic nitrogens is 5. The molecule has 182 valence electrons. The number of aliphatic hydroxyl groups is 1. The number of nitrogens with zero attached hydrogens (tertiary/aromatic N) is 5. The van der Waals surface area contributed by atoms with Gasteiger partial charge in [-0.05, 0) is 18.9 Å². The highest BCUT2D eigenvalue weighted by Gasteiger charge is 2.33. The molecule has 4 aromatic heterocycles. The second-order valence-corrected chi connectivity index (χ2v) is 10.7. The molecule has 1 aliphatic carbocycles. The number of anilines is 3. The van der Waals surface area contributed by atoms with E-state index in [0.717, 1.165) is 23.2 Å². The maximum atomic E-state index is 11.3. The largest absolute Gasteiger partial charge is 0.455 e. The smallest absolute Gasteiger partial charge is 0.222 e. The van der Waals surface area contributed by atoms with Crippen LogP contribution in [0.2, 0.25) is 0 Å². The minimum Gasteiger partial charge on any atom is -0.455 e. The van der Waals surface area contributed by atoms with Crippen molar-refractivity contribution >= 4 is 44.4 Å². The zero-order chi connectivity index (χ0) is 24.7. The number of carbonyl (C=O) groups excluding carboxylic acids is 1. The van der Waals surface area contributed by atoms with Crippen LogP contribution in [0.25, 0.3) is 10.3 Å². The third kappa shape index (κ3) is 5.10. The highest BCUT2D eigenvalue weighted by atomic mass is 32.1. The van der Waals surface area contributed by atoms with Gasteiger partial charge in [-0.1, -0.05) is 32.1 Å². The van der Waals surface area contributed by atoms with E-state index in [9.17, 15) is 9.90 Å². The van der Waals surface area contributed by atoms with Gasteiger partial charge < -0.3 is 20.5 Å². The molecule has 0 saturated heterocycles. The number of pyridine rings is 2. The maximum Gasteiger partial charge on any atom is 0.222 e. The predicted molar refractivity (Wildman–Crippen MR) is 135 cm³/mol. The lowest BCUT2D eigenvalue weighted by Crippen LogP contribution is -2.34. The molecule has 10 nitrogen and oxygen atoms in total. The van der Waals surface area contributed by atoms with Crippen molar-refractivity contribution in [1.29, 1.82) is 0 Å². The van der Waals surface area contributed by atoms with Gasteiger partial charge in [0.2, 0.25) is 5.91 Å². The van der Waals surface area contributed by atoms with E-state index in [-0.39, 0.29) is 23.5 Å². The summed E-state index contributed by atoms with van der Waals surface area (Å²) in [4.78, 5) is 24.4. The molecule has 0 spiro atoms. The van der Waals surface area contributed by atoms with Gasteiger partial charge in [-0.15, -0.1) is 0 Å². The van der Waals surface area contributed by atoms with Crippen LogP contribution < -0.4 is 15.4 Å². The average Bonchev–Trinajstić information content (AvgIpc) is 3.34. The fourth-order valence-electron chi connectivity index (χ4n) is 3.93. The van der Waals surface area contributed by atoms with Crippen LogP contribution in [0.5, 0.6) is 11.5 Å². The van der Waals surface area contributed by atoms with Gasteiger partial charge in [0.05, 0.1) is 23.0 Å². The molecule has 11 heteroatoms. The van der Waals surface area contributed by atoms with Gasteiger partial charge in [0, 0.05) is 42.4 Å². The van der Waals surface area contributed by atoms with Crippen molar-refractivity contribution in [1.82, 2.24) is 24.7 Å². The molecule has 3 N–H and O–H groups in total. The van der Waals surface area contributed by atoms with Crippen molar-refractivity contribution in [3.63, 3.8) is 0 Å². The SMILES string of the molecule is CC(=O)Nc1cc(Oc2cnc3nc(Nc4cc(C(C)(C)C)n([C@H]5C[C@@H](O)C5)n4)sc3c2)ccn1. The standard InChI is InChI=1S/C24H27N7O3S/c1-13(32)27-20-10-16(5-6-25-20)34-17-9-18-22(26-12-17)29-23(35-18)28-21-11-19(24(2,3)4)31(30-21)14-7-15(33)8-14/h5-6,9-12,14-15,33H,7-8H2,1-4H3,(H,25,27,32)(H,26,28,29,30)/t14-,15+. The molecule has 1 aliphatic rings. The molecule has 0 bridgehead atoms. The second kappa shape index (κ2) is 8.90. The molecule has 0 radical (unpaired) electrons. The number of amides is 1. The van der Waals surface area contributed by atoms with Gasteiger partial charge >= 0.3 is 0 Å². The molecular weight excluding hydrogens is 466 g/mol. The first-order chi connectivity index (χ1) is 16.6. The minimum absolute atomic E-state index is 0.0817. The van der Waals surface area contributed by atoms with E-state index in [1.165, 1.54) is 18.3 Å². The van der Waals surface area contributed by atoms with Gasteiger partial charge in [0.25, 0.3) is 0 Å². The summed E-state index contributed by atoms with van der Waals surface area (Å²) in [5, 5.41) is 21.2. The number of nitrogens with one attached hydrogen (secondary N) is 2. The van der Waals surface area contributed by atoms with Gasteiger partial charge in [-0.25, -0.2) is 9.97 Å². The number of ether oxygens (including phenoxy) is 1. The van der Waals surface area contributed by atoms with Crippen molar-refractivity contribution in [2.24, 2.45) is 0 Å². The molecule has 1 fully saturated rings. The Morgan fingerprint density at radius 1 is 1.17 bits per heavy atom. The molecule has 0 atom stereocenters. The number of fused-ring (bicyclic) bond motifs is 1. The van der Waals surface area contributed by atoms with Crippen molar-refractivity contribution < 1.29 is 14.6 Å². The van der Waals surface area contributed by atoms with Gasteiger partial charge in [-0.3, -0.25) is 9.48 Å². The van der Waals surface area contributed by atoms with E-state index in [1.54, 1.807) is 24.5 Å². The number of hydrogen-bond acceptors (Lipinski definition) is 9. The van der Waals surface area contributed by atoms with Crippen LogP contribution in [-0.4, -0.2) is 41.9 Å². The van der Waals surface area contributed by atoms with Gasteiger partial charge in [0.15, 0.2) is 16.6 Å². The fourth-order valence-corrected chi connectivity index (χ4v) is 4.79. The molecule has 1 amide bonds. The fraction of sp³-hybridized carbons (Fsp3) is 0.375. The summed E-state index contributed by atoms with van der Waals surface area (Å²) in [6, 6.07) is 7.49. The maximum absolute atomic E-state index is 11.3. The Bertz CT molecular complexity index is 1390. The van der Waals surface area contributed by atoms with Crippen LogP contribution in [0, 0.1) is 0 Å². The molecular formula is C24H27N7O3S. The number of carbonyl (C=O) groups is 1. The second-order valence-electron chi connectivity index (χ2n) is 9.69. The van der Waals surface area contributed by atoms with Crippen molar-refractivity contribution in [2.75, 3.05) is 10.6 Å². The Morgan fingerprint density at radius 2 is 1.97 bits per heavy atom. The Kier molecular flexibility index (Phi) is 5.89. The summed E-state index contributed by atoms with van der Waals surface area (Å²) in [5.74, 6) is 2.02. The Morgan fingerprint density at radius 3 is 2.69 bits per heavy atom. The van der Waals surface area contributed by atoms with E-state index in [1.807, 2.05) is 10.7 Å². The molecule has 0 aromatic carbocycles. The monoisotopic (exact) mass is 493 g/mol.